The number of benzene rings is 1. The van der Waals surface area contributed by atoms with E-state index >= 15 is 0 Å². The highest BCUT2D eigenvalue weighted by Crippen LogP contribution is 2.26. The molecule has 0 unspecified atom stereocenters. The molecule has 2 fully saturated rings. The number of para-hydroxylation sites is 1. The van der Waals surface area contributed by atoms with Gasteiger partial charge in [-0.25, -0.2) is 0 Å². The summed E-state index contributed by atoms with van der Waals surface area (Å²) in [7, 11) is 0. The maximum Gasteiger partial charge on any atom is 0.236 e. The number of amides is 1. The summed E-state index contributed by atoms with van der Waals surface area (Å²) in [5.74, 6) is 1.07. The molecule has 0 aliphatic carbocycles. The van der Waals surface area contributed by atoms with E-state index < -0.39 is 0 Å². The molecule has 0 radical (unpaired) electrons. The van der Waals surface area contributed by atoms with Gasteiger partial charge in [-0.05, 0) is 19.1 Å². The van der Waals surface area contributed by atoms with E-state index in [-0.39, 0.29) is 5.91 Å². The van der Waals surface area contributed by atoms with E-state index in [1.165, 1.54) is 0 Å². The van der Waals surface area contributed by atoms with Crippen molar-refractivity contribution in [1.29, 1.82) is 0 Å². The molecule has 2 saturated heterocycles. The van der Waals surface area contributed by atoms with Crippen molar-refractivity contribution >= 4 is 23.2 Å². The number of hydrogen-bond donors (Lipinski definition) is 0. The van der Waals surface area contributed by atoms with Gasteiger partial charge in [-0.15, -0.1) is 0 Å². The van der Waals surface area contributed by atoms with E-state index in [4.69, 9.17) is 16.1 Å². The molecule has 1 amide bonds. The van der Waals surface area contributed by atoms with Crippen LogP contribution in [0.1, 0.15) is 11.5 Å². The second-order valence-electron chi connectivity index (χ2n) is 7.80. The molecule has 0 spiro atoms. The van der Waals surface area contributed by atoms with Gasteiger partial charge < -0.3 is 14.3 Å². The van der Waals surface area contributed by atoms with Crippen LogP contribution < -0.4 is 4.90 Å². The van der Waals surface area contributed by atoms with Crippen LogP contribution in [0.15, 0.2) is 34.9 Å². The fourth-order valence-corrected chi connectivity index (χ4v) is 4.28. The van der Waals surface area contributed by atoms with E-state index in [1.54, 1.807) is 0 Å². The Hall–Kier alpha value is -2.09. The van der Waals surface area contributed by atoms with Crippen LogP contribution in [0.4, 0.5) is 5.69 Å². The number of carbonyl (C=O) groups is 1. The molecular weight excluding hydrogens is 390 g/mol. The Kier molecular flexibility index (Phi) is 6.37. The first-order chi connectivity index (χ1) is 14.1. The average molecular weight is 418 g/mol. The van der Waals surface area contributed by atoms with Gasteiger partial charge in [0.25, 0.3) is 0 Å². The topological polar surface area (TPSA) is 56.1 Å². The molecule has 0 N–H and O–H groups in total. The third-order valence-electron chi connectivity index (χ3n) is 5.71. The van der Waals surface area contributed by atoms with Gasteiger partial charge in [0.2, 0.25) is 5.91 Å². The maximum absolute atomic E-state index is 12.7. The largest absolute Gasteiger partial charge is 0.368 e. The SMILES string of the molecule is Cc1cc(CN2CCN(C(=O)CN3CCN(c4ccccc4Cl)CC3)CC2)no1. The lowest BCUT2D eigenvalue weighted by Gasteiger charge is -2.38. The lowest BCUT2D eigenvalue weighted by atomic mass is 10.2. The van der Waals surface area contributed by atoms with Crippen LogP contribution in [0, 0.1) is 6.92 Å². The summed E-state index contributed by atoms with van der Waals surface area (Å²) in [6.45, 7) is 10.0. The predicted octanol–water partition coefficient (Wildman–Crippen LogP) is 2.10. The minimum atomic E-state index is 0.230. The van der Waals surface area contributed by atoms with Crippen molar-refractivity contribution in [1.82, 2.24) is 19.9 Å². The molecule has 0 atom stereocenters. The summed E-state index contributed by atoms with van der Waals surface area (Å²) in [6.07, 6.45) is 0. The number of nitrogens with zero attached hydrogens (tertiary/aromatic N) is 5. The fraction of sp³-hybridized carbons (Fsp3) is 0.524. The third-order valence-corrected chi connectivity index (χ3v) is 6.03. The lowest BCUT2D eigenvalue weighted by molar-refractivity contribution is -0.134. The maximum atomic E-state index is 12.7. The minimum absolute atomic E-state index is 0.230. The standard InChI is InChI=1S/C21H28ClN5O2/c1-17-14-18(23-29-17)15-24-8-12-27(13-9-24)21(28)16-25-6-10-26(11-7-25)20-5-3-2-4-19(20)22/h2-5,14H,6-13,15-16H2,1H3. The van der Waals surface area contributed by atoms with Gasteiger partial charge >= 0.3 is 0 Å². The first kappa shape index (κ1) is 20.2. The number of aromatic nitrogens is 1. The van der Waals surface area contributed by atoms with Gasteiger partial charge in [0.1, 0.15) is 5.76 Å². The van der Waals surface area contributed by atoms with Crippen molar-refractivity contribution in [3.05, 3.63) is 46.8 Å². The molecule has 8 heteroatoms. The van der Waals surface area contributed by atoms with Crippen LogP contribution in [0.2, 0.25) is 5.02 Å². The molecule has 2 aliphatic heterocycles. The average Bonchev–Trinajstić information content (AvgIpc) is 3.14. The zero-order valence-corrected chi connectivity index (χ0v) is 17.6. The molecule has 0 bridgehead atoms. The number of aryl methyl sites for hydroxylation is 1. The Morgan fingerprint density at radius 3 is 2.38 bits per heavy atom. The molecule has 4 rings (SSSR count). The molecule has 1 aromatic heterocycles. The van der Waals surface area contributed by atoms with E-state index in [0.29, 0.717) is 6.54 Å². The number of hydrogen-bond acceptors (Lipinski definition) is 6. The van der Waals surface area contributed by atoms with Crippen molar-refractivity contribution in [2.75, 3.05) is 63.8 Å². The first-order valence-corrected chi connectivity index (χ1v) is 10.6. The monoisotopic (exact) mass is 417 g/mol. The van der Waals surface area contributed by atoms with Gasteiger partial charge in [-0.1, -0.05) is 28.9 Å². The molecule has 0 saturated carbocycles. The van der Waals surface area contributed by atoms with E-state index in [9.17, 15) is 4.79 Å². The van der Waals surface area contributed by atoms with Crippen LogP contribution in [0.5, 0.6) is 0 Å². The molecule has 29 heavy (non-hydrogen) atoms. The summed E-state index contributed by atoms with van der Waals surface area (Å²) in [5, 5.41) is 4.85. The fourth-order valence-electron chi connectivity index (χ4n) is 4.02. The first-order valence-electron chi connectivity index (χ1n) is 10.2. The molecule has 2 aromatic rings. The highest BCUT2D eigenvalue weighted by molar-refractivity contribution is 6.33. The molecule has 156 valence electrons. The second kappa shape index (κ2) is 9.15. The Morgan fingerprint density at radius 2 is 1.72 bits per heavy atom. The minimum Gasteiger partial charge on any atom is -0.368 e. The molecule has 3 heterocycles. The molecule has 1 aromatic carbocycles. The highest BCUT2D eigenvalue weighted by atomic mass is 35.5. The van der Waals surface area contributed by atoms with Crippen molar-refractivity contribution in [3.63, 3.8) is 0 Å². The van der Waals surface area contributed by atoms with Crippen molar-refractivity contribution < 1.29 is 9.32 Å². The summed E-state index contributed by atoms with van der Waals surface area (Å²) < 4.78 is 5.13. The van der Waals surface area contributed by atoms with Crippen LogP contribution in [0.3, 0.4) is 0 Å². The van der Waals surface area contributed by atoms with Crippen LogP contribution in [0.25, 0.3) is 0 Å². The van der Waals surface area contributed by atoms with Gasteiger partial charge in [0.05, 0.1) is 22.9 Å². The van der Waals surface area contributed by atoms with E-state index in [2.05, 4.69) is 25.9 Å². The van der Waals surface area contributed by atoms with Gasteiger partial charge in [-0.2, -0.15) is 0 Å². The predicted molar refractivity (Wildman–Crippen MR) is 113 cm³/mol. The molecule has 2 aliphatic rings. The van der Waals surface area contributed by atoms with E-state index in [0.717, 1.165) is 81.1 Å². The number of rotatable bonds is 5. The lowest BCUT2D eigenvalue weighted by Crippen LogP contribution is -2.53. The van der Waals surface area contributed by atoms with Crippen molar-refractivity contribution in [3.8, 4) is 0 Å². The number of halogens is 1. The third kappa shape index (κ3) is 5.10. The van der Waals surface area contributed by atoms with E-state index in [1.807, 2.05) is 36.1 Å². The Balaban J connectivity index is 1.20. The number of piperazine rings is 2. The van der Waals surface area contributed by atoms with Crippen LogP contribution in [-0.4, -0.2) is 84.7 Å². The van der Waals surface area contributed by atoms with Crippen molar-refractivity contribution in [2.24, 2.45) is 0 Å². The molecule has 7 nitrogen and oxygen atoms in total. The molecular formula is C21H28ClN5O2. The summed E-state index contributed by atoms with van der Waals surface area (Å²) in [6, 6.07) is 9.92. The number of anilines is 1. The summed E-state index contributed by atoms with van der Waals surface area (Å²) in [4.78, 5) is 21.6. The van der Waals surface area contributed by atoms with Gasteiger partial charge in [0, 0.05) is 65.0 Å². The van der Waals surface area contributed by atoms with Crippen LogP contribution in [-0.2, 0) is 11.3 Å². The second-order valence-corrected chi connectivity index (χ2v) is 8.21. The highest BCUT2D eigenvalue weighted by Gasteiger charge is 2.25. The van der Waals surface area contributed by atoms with Gasteiger partial charge in [0.15, 0.2) is 0 Å². The number of carbonyl (C=O) groups excluding carboxylic acids is 1. The van der Waals surface area contributed by atoms with Gasteiger partial charge in [-0.3, -0.25) is 14.6 Å². The zero-order valence-electron chi connectivity index (χ0n) is 16.9. The Morgan fingerprint density at radius 1 is 1.03 bits per heavy atom. The zero-order chi connectivity index (χ0) is 20.2. The Labute approximate surface area is 176 Å². The normalized spacial score (nSPS) is 19.0. The summed E-state index contributed by atoms with van der Waals surface area (Å²) in [5.41, 5.74) is 2.04. The quantitative estimate of drug-likeness (QED) is 0.742. The van der Waals surface area contributed by atoms with Crippen LogP contribution >= 0.6 is 11.6 Å². The van der Waals surface area contributed by atoms with Crippen molar-refractivity contribution in [2.45, 2.75) is 13.5 Å². The summed E-state index contributed by atoms with van der Waals surface area (Å²) >= 11 is 6.31. The Bertz CT molecular complexity index is 826. The smallest absolute Gasteiger partial charge is 0.236 e.